The normalized spacial score (nSPS) is 11.3. The van der Waals surface area contributed by atoms with Gasteiger partial charge in [0.2, 0.25) is 10.0 Å². The molecule has 9 heteroatoms. The van der Waals surface area contributed by atoms with Crippen LogP contribution >= 0.6 is 0 Å². The molecule has 0 radical (unpaired) electrons. The Morgan fingerprint density at radius 2 is 2.10 bits per heavy atom. The van der Waals surface area contributed by atoms with E-state index in [0.717, 1.165) is 11.8 Å². The molecule has 0 saturated heterocycles. The Morgan fingerprint density at radius 1 is 1.40 bits per heavy atom. The molecule has 0 saturated carbocycles. The molecule has 0 bridgehead atoms. The molecule has 0 unspecified atom stereocenters. The molecule has 0 aliphatic carbocycles. The van der Waals surface area contributed by atoms with E-state index in [9.17, 15) is 13.2 Å². The van der Waals surface area contributed by atoms with Crippen molar-refractivity contribution in [2.75, 3.05) is 7.11 Å². The summed E-state index contributed by atoms with van der Waals surface area (Å²) in [6.07, 6.45) is 1.49. The number of nitrogens with zero attached hydrogens (tertiary/aromatic N) is 3. The maximum absolute atomic E-state index is 11.9. The van der Waals surface area contributed by atoms with Gasteiger partial charge in [-0.05, 0) is 19.1 Å². The molecular formula is C11H12N4O4S. The topological polar surface area (TPSA) is 117 Å². The summed E-state index contributed by atoms with van der Waals surface area (Å²) in [7, 11) is -2.98. The van der Waals surface area contributed by atoms with Gasteiger partial charge in [-0.2, -0.15) is 5.10 Å². The van der Waals surface area contributed by atoms with Crippen LogP contribution in [0.2, 0.25) is 0 Å². The minimum Gasteiger partial charge on any atom is -0.464 e. The molecule has 0 amide bonds. The highest BCUT2D eigenvalue weighted by molar-refractivity contribution is 7.89. The number of esters is 1. The van der Waals surface area contributed by atoms with Crippen molar-refractivity contribution in [1.82, 2.24) is 14.8 Å². The van der Waals surface area contributed by atoms with E-state index >= 15 is 0 Å². The van der Waals surface area contributed by atoms with Crippen LogP contribution in [-0.2, 0) is 14.8 Å². The minimum atomic E-state index is -4.12. The highest BCUT2D eigenvalue weighted by atomic mass is 32.2. The smallest absolute Gasteiger partial charge is 0.358 e. The van der Waals surface area contributed by atoms with Crippen LogP contribution in [0, 0.1) is 6.92 Å². The number of nitrogens with two attached hydrogens (primary N) is 1. The van der Waals surface area contributed by atoms with Gasteiger partial charge < -0.3 is 4.74 Å². The lowest BCUT2D eigenvalue weighted by Gasteiger charge is -2.05. The Kier molecular flexibility index (Phi) is 3.55. The number of pyridine rings is 1. The van der Waals surface area contributed by atoms with Crippen molar-refractivity contribution in [3.05, 3.63) is 35.8 Å². The summed E-state index contributed by atoms with van der Waals surface area (Å²) in [5.74, 6) is -0.578. The van der Waals surface area contributed by atoms with Crippen LogP contribution in [0.3, 0.4) is 0 Å². The van der Waals surface area contributed by atoms with E-state index in [0.29, 0.717) is 0 Å². The zero-order valence-corrected chi connectivity index (χ0v) is 11.6. The predicted octanol–water partition coefficient (Wildman–Crippen LogP) is 0.00972. The quantitative estimate of drug-likeness (QED) is 0.797. The van der Waals surface area contributed by atoms with Crippen molar-refractivity contribution in [1.29, 1.82) is 0 Å². The summed E-state index contributed by atoms with van der Waals surface area (Å²) in [6.45, 7) is 1.44. The van der Waals surface area contributed by atoms with Gasteiger partial charge in [-0.25, -0.2) is 28.0 Å². The number of hydrogen-bond donors (Lipinski definition) is 1. The van der Waals surface area contributed by atoms with E-state index in [1.165, 1.54) is 13.1 Å². The first-order chi connectivity index (χ1) is 9.36. The van der Waals surface area contributed by atoms with Crippen LogP contribution in [0.1, 0.15) is 16.2 Å². The van der Waals surface area contributed by atoms with E-state index in [4.69, 9.17) is 5.14 Å². The van der Waals surface area contributed by atoms with Gasteiger partial charge in [-0.15, -0.1) is 0 Å². The van der Waals surface area contributed by atoms with Crippen molar-refractivity contribution in [2.24, 2.45) is 5.14 Å². The summed E-state index contributed by atoms with van der Waals surface area (Å²) in [5.41, 5.74) is -0.176. The number of aryl methyl sites for hydroxylation is 1. The Balaban J connectivity index is 2.81. The lowest BCUT2D eigenvalue weighted by molar-refractivity contribution is 0.0585. The number of rotatable bonds is 3. The van der Waals surface area contributed by atoms with Gasteiger partial charge in [0, 0.05) is 6.20 Å². The second kappa shape index (κ2) is 5.02. The fourth-order valence-corrected chi connectivity index (χ4v) is 2.67. The largest absolute Gasteiger partial charge is 0.464 e. The lowest BCUT2D eigenvalue weighted by Crippen LogP contribution is -2.19. The van der Waals surface area contributed by atoms with Gasteiger partial charge in [-0.1, -0.05) is 6.07 Å². The van der Waals surface area contributed by atoms with Crippen LogP contribution in [0.4, 0.5) is 0 Å². The van der Waals surface area contributed by atoms with E-state index in [2.05, 4.69) is 14.8 Å². The third-order valence-electron chi connectivity index (χ3n) is 2.54. The highest BCUT2D eigenvalue weighted by Gasteiger charge is 2.30. The second-order valence-corrected chi connectivity index (χ2v) is 5.40. The molecule has 0 fully saturated rings. The number of methoxy groups -OCH3 is 1. The molecule has 0 atom stereocenters. The molecule has 0 aromatic carbocycles. The molecular weight excluding hydrogens is 284 g/mol. The highest BCUT2D eigenvalue weighted by Crippen LogP contribution is 2.22. The molecule has 20 heavy (non-hydrogen) atoms. The summed E-state index contributed by atoms with van der Waals surface area (Å²) < 4.78 is 29.0. The molecule has 106 valence electrons. The van der Waals surface area contributed by atoms with Crippen LogP contribution in [0.5, 0.6) is 0 Å². The van der Waals surface area contributed by atoms with E-state index in [1.54, 1.807) is 18.2 Å². The number of hydrogen-bond acceptors (Lipinski definition) is 6. The van der Waals surface area contributed by atoms with Crippen molar-refractivity contribution in [3.63, 3.8) is 0 Å². The SMILES string of the molecule is COC(=O)c1c(S(N)(=O)=O)c(C)nn1-c1ccccn1. The lowest BCUT2D eigenvalue weighted by atomic mass is 10.3. The molecule has 0 aliphatic rings. The summed E-state index contributed by atoms with van der Waals surface area (Å²) in [5, 5.41) is 9.14. The minimum absolute atomic E-state index is 0.0959. The number of sulfonamides is 1. The molecule has 2 aromatic rings. The Bertz CT molecular complexity index is 752. The van der Waals surface area contributed by atoms with E-state index < -0.39 is 16.0 Å². The van der Waals surface area contributed by atoms with Gasteiger partial charge >= 0.3 is 5.97 Å². The molecule has 2 aromatic heterocycles. The summed E-state index contributed by atoms with van der Waals surface area (Å²) in [4.78, 5) is 15.5. The summed E-state index contributed by atoms with van der Waals surface area (Å²) >= 11 is 0. The standard InChI is InChI=1S/C11H12N4O4S/c1-7-10(20(12,17)18)9(11(16)19-2)15(14-7)8-5-3-4-6-13-8/h3-6H,1-2H3,(H2,12,17,18). The maximum Gasteiger partial charge on any atom is 0.358 e. The van der Waals surface area contributed by atoms with Gasteiger partial charge in [-0.3, -0.25) is 0 Å². The third-order valence-corrected chi connectivity index (χ3v) is 3.59. The van der Waals surface area contributed by atoms with Gasteiger partial charge in [0.05, 0.1) is 12.8 Å². The monoisotopic (exact) mass is 296 g/mol. The molecule has 8 nitrogen and oxygen atoms in total. The average Bonchev–Trinajstić information content (AvgIpc) is 2.76. The maximum atomic E-state index is 11.9. The van der Waals surface area contributed by atoms with Crippen LogP contribution in [0.25, 0.3) is 5.82 Å². The average molecular weight is 296 g/mol. The van der Waals surface area contributed by atoms with Crippen molar-refractivity contribution in [2.45, 2.75) is 11.8 Å². The van der Waals surface area contributed by atoms with Crippen molar-refractivity contribution < 1.29 is 17.9 Å². The number of carbonyl (C=O) groups is 1. The number of ether oxygens (including phenoxy) is 1. The molecule has 0 spiro atoms. The first-order valence-corrected chi connectivity index (χ1v) is 7.03. The Hall–Kier alpha value is -2.26. The van der Waals surface area contributed by atoms with Gasteiger partial charge in [0.15, 0.2) is 11.5 Å². The molecule has 0 aliphatic heterocycles. The Morgan fingerprint density at radius 3 is 2.60 bits per heavy atom. The fraction of sp³-hybridized carbons (Fsp3) is 0.182. The van der Waals surface area contributed by atoms with Gasteiger partial charge in [0.1, 0.15) is 4.90 Å². The van der Waals surface area contributed by atoms with Crippen LogP contribution < -0.4 is 5.14 Å². The fourth-order valence-electron chi connectivity index (χ4n) is 1.77. The van der Waals surface area contributed by atoms with Crippen molar-refractivity contribution >= 4 is 16.0 Å². The molecule has 2 rings (SSSR count). The predicted molar refractivity (Wildman–Crippen MR) is 68.8 cm³/mol. The van der Waals surface area contributed by atoms with Crippen molar-refractivity contribution in [3.8, 4) is 5.82 Å². The summed E-state index contributed by atoms with van der Waals surface area (Å²) in [6, 6.07) is 4.93. The number of aromatic nitrogens is 3. The number of primary sulfonamides is 1. The first-order valence-electron chi connectivity index (χ1n) is 5.48. The molecule has 2 heterocycles. The van der Waals surface area contributed by atoms with Crippen LogP contribution in [-0.4, -0.2) is 36.3 Å². The van der Waals surface area contributed by atoms with Crippen LogP contribution in [0.15, 0.2) is 29.3 Å². The van der Waals surface area contributed by atoms with Gasteiger partial charge in [0.25, 0.3) is 0 Å². The third kappa shape index (κ3) is 2.40. The van der Waals surface area contributed by atoms with E-state index in [-0.39, 0.29) is 22.1 Å². The molecule has 2 N–H and O–H groups in total. The Labute approximate surface area is 115 Å². The zero-order valence-electron chi connectivity index (χ0n) is 10.8. The zero-order chi connectivity index (χ0) is 14.9. The number of carbonyl (C=O) groups excluding carboxylic acids is 1. The van der Waals surface area contributed by atoms with E-state index in [1.807, 2.05) is 0 Å². The first kappa shape index (κ1) is 14.2. The second-order valence-electron chi connectivity index (χ2n) is 3.90.